The number of halogens is 3. The Bertz CT molecular complexity index is 516. The molecule has 1 aromatic carbocycles. The Kier molecular flexibility index (Phi) is 4.10. The van der Waals surface area contributed by atoms with Crippen LogP contribution >= 0.6 is 0 Å². The summed E-state index contributed by atoms with van der Waals surface area (Å²) < 4.78 is 37.3. The van der Waals surface area contributed by atoms with Crippen molar-refractivity contribution in [2.24, 2.45) is 0 Å². The number of alkyl halides is 3. The first-order valence-electron chi connectivity index (χ1n) is 5.06. The zero-order valence-corrected chi connectivity index (χ0v) is 9.64. The Hall–Kier alpha value is -2.16. The van der Waals surface area contributed by atoms with Crippen LogP contribution in [0.25, 0.3) is 0 Å². The number of quaternary nitrogens is 1. The number of benzene rings is 1. The van der Waals surface area contributed by atoms with Gasteiger partial charge >= 0.3 is 17.8 Å². The van der Waals surface area contributed by atoms with Gasteiger partial charge in [-0.15, -0.1) is 0 Å². The first-order chi connectivity index (χ1) is 8.62. The van der Waals surface area contributed by atoms with Gasteiger partial charge in [0.15, 0.2) is 6.04 Å². The maximum absolute atomic E-state index is 12.4. The van der Waals surface area contributed by atoms with E-state index in [1.807, 2.05) is 0 Å². The molecule has 104 valence electrons. The summed E-state index contributed by atoms with van der Waals surface area (Å²) in [5, 5.41) is 20.4. The highest BCUT2D eigenvalue weighted by molar-refractivity contribution is 5.71. The van der Waals surface area contributed by atoms with Crippen LogP contribution in [0.5, 0.6) is 0 Å². The Balaban J connectivity index is 3.19. The molecule has 0 spiro atoms. The van der Waals surface area contributed by atoms with Crippen molar-refractivity contribution in [2.45, 2.75) is 19.1 Å². The van der Waals surface area contributed by atoms with Crippen LogP contribution in [0.3, 0.4) is 0 Å². The summed E-state index contributed by atoms with van der Waals surface area (Å²) in [6.45, 7) is 1.27. The van der Waals surface area contributed by atoms with Crippen LogP contribution in [0.4, 0.5) is 24.5 Å². The molecule has 0 amide bonds. The minimum atomic E-state index is -4.69. The van der Waals surface area contributed by atoms with Gasteiger partial charge in [-0.3, -0.25) is 15.4 Å². The number of nitro groups is 1. The van der Waals surface area contributed by atoms with Crippen molar-refractivity contribution in [1.82, 2.24) is 0 Å². The number of hydrogen-bond donors (Lipinski definition) is 2. The second-order valence-electron chi connectivity index (χ2n) is 3.82. The van der Waals surface area contributed by atoms with Gasteiger partial charge in [0.1, 0.15) is 0 Å². The molecule has 1 unspecified atom stereocenters. The van der Waals surface area contributed by atoms with Crippen molar-refractivity contribution in [3.05, 3.63) is 33.9 Å². The van der Waals surface area contributed by atoms with Gasteiger partial charge in [-0.05, 0) is 13.0 Å². The average molecular weight is 279 g/mol. The van der Waals surface area contributed by atoms with Gasteiger partial charge in [-0.2, -0.15) is 13.2 Å². The second-order valence-corrected chi connectivity index (χ2v) is 3.82. The molecule has 0 fully saturated rings. The molecular formula is C10H10F3N2O4+. The van der Waals surface area contributed by atoms with Gasteiger partial charge in [0, 0.05) is 12.1 Å². The number of carbonyl (C=O) groups is 1. The lowest BCUT2D eigenvalue weighted by atomic mass is 10.1. The Morgan fingerprint density at radius 3 is 2.47 bits per heavy atom. The SMILES string of the molecule is CC([NH2+]c1ccc(C(F)(F)F)cc1[N+](=O)[O-])C(=O)O. The van der Waals surface area contributed by atoms with Crippen molar-refractivity contribution in [1.29, 1.82) is 0 Å². The van der Waals surface area contributed by atoms with E-state index in [1.165, 1.54) is 6.92 Å². The van der Waals surface area contributed by atoms with E-state index in [-0.39, 0.29) is 5.69 Å². The third-order valence-corrected chi connectivity index (χ3v) is 2.37. The quantitative estimate of drug-likeness (QED) is 0.493. The fourth-order valence-corrected chi connectivity index (χ4v) is 1.36. The van der Waals surface area contributed by atoms with Crippen LogP contribution in [-0.2, 0) is 11.0 Å². The standard InChI is InChI=1S/C10H9F3N2O4/c1-5(9(16)17)14-7-3-2-6(10(11,12)13)4-8(7)15(18)19/h2-5,14H,1H3,(H,16,17)/p+1. The Labute approximate surface area is 105 Å². The minimum Gasteiger partial charge on any atom is -0.477 e. The highest BCUT2D eigenvalue weighted by atomic mass is 19.4. The molecular weight excluding hydrogens is 269 g/mol. The molecule has 1 rings (SSSR count). The number of carboxylic acid groups (broad SMARTS) is 1. The fraction of sp³-hybridized carbons (Fsp3) is 0.300. The van der Waals surface area contributed by atoms with E-state index < -0.39 is 34.4 Å². The molecule has 0 aliphatic heterocycles. The largest absolute Gasteiger partial charge is 0.477 e. The second kappa shape index (κ2) is 5.22. The maximum Gasteiger partial charge on any atom is 0.416 e. The zero-order chi connectivity index (χ0) is 14.8. The lowest BCUT2D eigenvalue weighted by Gasteiger charge is -2.09. The summed E-state index contributed by atoms with van der Waals surface area (Å²) in [5.41, 5.74) is -2.09. The number of aliphatic carboxylic acids is 1. The third-order valence-electron chi connectivity index (χ3n) is 2.37. The molecule has 19 heavy (non-hydrogen) atoms. The molecule has 0 aliphatic rings. The van der Waals surface area contributed by atoms with Crippen LogP contribution in [0.15, 0.2) is 18.2 Å². The highest BCUT2D eigenvalue weighted by Gasteiger charge is 2.34. The van der Waals surface area contributed by atoms with Crippen LogP contribution < -0.4 is 5.32 Å². The Morgan fingerprint density at radius 2 is 2.05 bits per heavy atom. The molecule has 0 heterocycles. The van der Waals surface area contributed by atoms with Crippen molar-refractivity contribution < 1.29 is 33.3 Å². The molecule has 9 heteroatoms. The first kappa shape index (κ1) is 14.9. The number of nitro benzene ring substituents is 1. The van der Waals surface area contributed by atoms with Gasteiger partial charge in [0.25, 0.3) is 0 Å². The first-order valence-corrected chi connectivity index (χ1v) is 5.06. The van der Waals surface area contributed by atoms with Crippen molar-refractivity contribution in [3.63, 3.8) is 0 Å². The lowest BCUT2D eigenvalue weighted by Crippen LogP contribution is -2.85. The fourth-order valence-electron chi connectivity index (χ4n) is 1.36. The predicted octanol–water partition coefficient (Wildman–Crippen LogP) is 1.28. The Morgan fingerprint density at radius 1 is 1.47 bits per heavy atom. The summed E-state index contributed by atoms with van der Waals surface area (Å²) in [6.07, 6.45) is -4.69. The predicted molar refractivity (Wildman–Crippen MR) is 56.8 cm³/mol. The summed E-state index contributed by atoms with van der Waals surface area (Å²) in [5.74, 6) is -1.23. The van der Waals surface area contributed by atoms with Gasteiger partial charge in [0.05, 0.1) is 10.5 Å². The summed E-state index contributed by atoms with van der Waals surface area (Å²) in [4.78, 5) is 20.4. The molecule has 6 nitrogen and oxygen atoms in total. The van der Waals surface area contributed by atoms with Crippen LogP contribution in [0, 0.1) is 10.1 Å². The van der Waals surface area contributed by atoms with Crippen molar-refractivity contribution >= 4 is 17.3 Å². The molecule has 0 aliphatic carbocycles. The summed E-state index contributed by atoms with van der Waals surface area (Å²) in [7, 11) is 0. The third kappa shape index (κ3) is 3.65. The molecule has 0 saturated carbocycles. The topological polar surface area (TPSA) is 97.0 Å². The van der Waals surface area contributed by atoms with Crippen LogP contribution in [0.2, 0.25) is 0 Å². The van der Waals surface area contributed by atoms with Gasteiger partial charge in [-0.25, -0.2) is 4.79 Å². The van der Waals surface area contributed by atoms with E-state index in [0.717, 1.165) is 11.4 Å². The number of rotatable bonds is 4. The summed E-state index contributed by atoms with van der Waals surface area (Å²) >= 11 is 0. The summed E-state index contributed by atoms with van der Waals surface area (Å²) in [6, 6.07) is 0.907. The van der Waals surface area contributed by atoms with E-state index >= 15 is 0 Å². The van der Waals surface area contributed by atoms with Gasteiger partial charge in [0.2, 0.25) is 5.69 Å². The number of carboxylic acids is 1. The smallest absolute Gasteiger partial charge is 0.416 e. The molecule has 3 N–H and O–H groups in total. The molecule has 1 atom stereocenters. The van der Waals surface area contributed by atoms with Crippen molar-refractivity contribution in [3.8, 4) is 0 Å². The maximum atomic E-state index is 12.4. The van der Waals surface area contributed by atoms with Crippen molar-refractivity contribution in [2.75, 3.05) is 0 Å². The molecule has 0 saturated heterocycles. The molecule has 1 aromatic rings. The lowest BCUT2D eigenvalue weighted by molar-refractivity contribution is -0.599. The monoisotopic (exact) mass is 279 g/mol. The van der Waals surface area contributed by atoms with Gasteiger partial charge < -0.3 is 5.11 Å². The van der Waals surface area contributed by atoms with Crippen LogP contribution in [-0.4, -0.2) is 22.0 Å². The van der Waals surface area contributed by atoms with Gasteiger partial charge in [-0.1, -0.05) is 0 Å². The van der Waals surface area contributed by atoms with E-state index in [4.69, 9.17) is 5.11 Å². The molecule has 0 radical (unpaired) electrons. The van der Waals surface area contributed by atoms with Crippen LogP contribution in [0.1, 0.15) is 12.5 Å². The number of hydrogen-bond acceptors (Lipinski definition) is 3. The number of nitrogens with zero attached hydrogens (tertiary/aromatic N) is 1. The average Bonchev–Trinajstić information content (AvgIpc) is 2.27. The van der Waals surface area contributed by atoms with E-state index in [2.05, 4.69) is 0 Å². The molecule has 0 bridgehead atoms. The zero-order valence-electron chi connectivity index (χ0n) is 9.64. The van der Waals surface area contributed by atoms with E-state index in [1.54, 1.807) is 0 Å². The highest BCUT2D eigenvalue weighted by Crippen LogP contribution is 2.33. The molecule has 0 aromatic heterocycles. The number of nitrogens with two attached hydrogens (primary N) is 1. The minimum absolute atomic E-state index is 0.159. The van der Waals surface area contributed by atoms with E-state index in [9.17, 15) is 28.1 Å². The normalized spacial score (nSPS) is 13.1. The van der Waals surface area contributed by atoms with E-state index in [0.29, 0.717) is 12.1 Å².